The van der Waals surface area contributed by atoms with Crippen LogP contribution in [0.1, 0.15) is 11.6 Å². The number of aryl methyl sites for hydroxylation is 1. The Bertz CT molecular complexity index is 1320. The maximum atomic E-state index is 12.3. The molecule has 0 aliphatic rings. The molecular weight excluding hydrogens is 422 g/mol. The minimum absolute atomic E-state index is 0.0659. The second kappa shape index (κ2) is 8.41. The number of nitro groups is 1. The number of hydrazone groups is 1. The highest BCUT2D eigenvalue weighted by atomic mass is 35.5. The Kier molecular flexibility index (Phi) is 5.50. The predicted molar refractivity (Wildman–Crippen MR) is 116 cm³/mol. The molecule has 0 saturated carbocycles. The summed E-state index contributed by atoms with van der Waals surface area (Å²) in [6, 6.07) is 14.9. The number of benzene rings is 2. The zero-order valence-electron chi connectivity index (χ0n) is 16.3. The van der Waals surface area contributed by atoms with E-state index in [0.717, 1.165) is 16.9 Å². The van der Waals surface area contributed by atoms with E-state index in [-0.39, 0.29) is 18.1 Å². The van der Waals surface area contributed by atoms with Gasteiger partial charge in [0.1, 0.15) is 23.9 Å². The molecule has 2 heterocycles. The van der Waals surface area contributed by atoms with Crippen LogP contribution in [-0.4, -0.2) is 26.6 Å². The van der Waals surface area contributed by atoms with Crippen LogP contribution in [0.2, 0.25) is 5.02 Å². The molecular formula is C21H16ClN5O4. The zero-order valence-corrected chi connectivity index (χ0v) is 17.0. The van der Waals surface area contributed by atoms with Gasteiger partial charge in [0.2, 0.25) is 0 Å². The lowest BCUT2D eigenvalue weighted by Gasteiger charge is -2.05. The molecule has 0 atom stereocenters. The van der Waals surface area contributed by atoms with Gasteiger partial charge < -0.3 is 8.98 Å². The highest BCUT2D eigenvalue weighted by molar-refractivity contribution is 6.33. The van der Waals surface area contributed by atoms with Crippen LogP contribution >= 0.6 is 11.6 Å². The van der Waals surface area contributed by atoms with Gasteiger partial charge in [-0.1, -0.05) is 23.7 Å². The van der Waals surface area contributed by atoms with Crippen molar-refractivity contribution in [2.75, 3.05) is 0 Å². The fraction of sp³-hybridized carbons (Fsp3) is 0.0952. The smallest absolute Gasteiger partial charge is 0.270 e. The summed E-state index contributed by atoms with van der Waals surface area (Å²) in [4.78, 5) is 27.2. The van der Waals surface area contributed by atoms with Crippen LogP contribution in [0.4, 0.5) is 5.69 Å². The van der Waals surface area contributed by atoms with Crippen LogP contribution in [0.3, 0.4) is 0 Å². The lowest BCUT2D eigenvalue weighted by atomic mass is 10.1. The molecule has 2 aromatic heterocycles. The van der Waals surface area contributed by atoms with Crippen LogP contribution in [0, 0.1) is 17.0 Å². The van der Waals surface area contributed by atoms with Gasteiger partial charge in [0.05, 0.1) is 27.2 Å². The molecule has 0 aliphatic heterocycles. The highest BCUT2D eigenvalue weighted by Crippen LogP contribution is 2.32. The predicted octanol–water partition coefficient (Wildman–Crippen LogP) is 4.32. The standard InChI is InChI=1S/C21H16ClN5O4/c1-13-24-18-4-2-3-5-19(18)26(13)12-21(28)25-23-11-15-7-9-20(31-15)16-10-14(27(29)30)6-8-17(16)22/h2-11H,12H2,1H3,(H,25,28)/b23-11-. The molecule has 0 unspecified atom stereocenters. The van der Waals surface area contributed by atoms with Crippen molar-refractivity contribution >= 4 is 40.4 Å². The van der Waals surface area contributed by atoms with Crippen LogP contribution < -0.4 is 5.43 Å². The van der Waals surface area contributed by atoms with Gasteiger partial charge in [0.15, 0.2) is 0 Å². The number of para-hydroxylation sites is 2. The number of hydrogen-bond acceptors (Lipinski definition) is 6. The van der Waals surface area contributed by atoms with E-state index in [1.807, 2.05) is 31.2 Å². The number of furan rings is 1. The van der Waals surface area contributed by atoms with Crippen molar-refractivity contribution in [2.45, 2.75) is 13.5 Å². The molecule has 0 saturated heterocycles. The molecule has 156 valence electrons. The van der Waals surface area contributed by atoms with E-state index in [1.54, 1.807) is 16.7 Å². The van der Waals surface area contributed by atoms with E-state index in [4.69, 9.17) is 16.0 Å². The topological polar surface area (TPSA) is 116 Å². The third kappa shape index (κ3) is 4.31. The maximum absolute atomic E-state index is 12.3. The van der Waals surface area contributed by atoms with Gasteiger partial charge in [-0.15, -0.1) is 0 Å². The molecule has 0 fully saturated rings. The normalized spacial score (nSPS) is 11.3. The molecule has 0 bridgehead atoms. The minimum Gasteiger partial charge on any atom is -0.455 e. The Morgan fingerprint density at radius 2 is 2.10 bits per heavy atom. The Morgan fingerprint density at radius 1 is 1.29 bits per heavy atom. The Morgan fingerprint density at radius 3 is 2.90 bits per heavy atom. The number of imidazole rings is 1. The number of hydrogen-bond donors (Lipinski definition) is 1. The number of aromatic nitrogens is 2. The van der Waals surface area contributed by atoms with Gasteiger partial charge >= 0.3 is 0 Å². The summed E-state index contributed by atoms with van der Waals surface area (Å²) in [5, 5.41) is 15.2. The fourth-order valence-corrected chi connectivity index (χ4v) is 3.34. The second-order valence-electron chi connectivity index (χ2n) is 6.65. The van der Waals surface area contributed by atoms with E-state index < -0.39 is 4.92 Å². The summed E-state index contributed by atoms with van der Waals surface area (Å²) >= 11 is 6.13. The molecule has 4 rings (SSSR count). The van der Waals surface area contributed by atoms with Crippen LogP contribution in [-0.2, 0) is 11.3 Å². The largest absolute Gasteiger partial charge is 0.455 e. The lowest BCUT2D eigenvalue weighted by molar-refractivity contribution is -0.384. The summed E-state index contributed by atoms with van der Waals surface area (Å²) in [5.41, 5.74) is 4.43. The number of fused-ring (bicyclic) bond motifs is 1. The number of nitro benzene ring substituents is 1. The number of carbonyl (C=O) groups excluding carboxylic acids is 1. The molecule has 10 heteroatoms. The lowest BCUT2D eigenvalue weighted by Crippen LogP contribution is -2.23. The van der Waals surface area contributed by atoms with E-state index >= 15 is 0 Å². The van der Waals surface area contributed by atoms with Crippen molar-refractivity contribution in [3.63, 3.8) is 0 Å². The SMILES string of the molecule is Cc1nc2ccccc2n1CC(=O)N/N=C\c1ccc(-c2cc([N+](=O)[O-])ccc2Cl)o1. The van der Waals surface area contributed by atoms with Gasteiger partial charge in [-0.05, 0) is 37.3 Å². The molecule has 0 radical (unpaired) electrons. The van der Waals surface area contributed by atoms with Gasteiger partial charge in [-0.3, -0.25) is 14.9 Å². The van der Waals surface area contributed by atoms with Gasteiger partial charge in [0, 0.05) is 17.7 Å². The van der Waals surface area contributed by atoms with Crippen molar-refractivity contribution in [3.8, 4) is 11.3 Å². The quantitative estimate of drug-likeness (QED) is 0.274. The van der Waals surface area contributed by atoms with Crippen LogP contribution in [0.5, 0.6) is 0 Å². The third-order valence-corrected chi connectivity index (χ3v) is 4.91. The Labute approximate surface area is 181 Å². The molecule has 1 N–H and O–H groups in total. The average Bonchev–Trinajstić information content (AvgIpc) is 3.33. The molecule has 9 nitrogen and oxygen atoms in total. The molecule has 4 aromatic rings. The first-order valence-electron chi connectivity index (χ1n) is 9.20. The van der Waals surface area contributed by atoms with Gasteiger partial charge in [0.25, 0.3) is 11.6 Å². The number of halogens is 1. The summed E-state index contributed by atoms with van der Waals surface area (Å²) < 4.78 is 7.43. The number of rotatable bonds is 6. The minimum atomic E-state index is -0.508. The number of nitrogens with zero attached hydrogens (tertiary/aromatic N) is 4. The second-order valence-corrected chi connectivity index (χ2v) is 7.06. The first-order chi connectivity index (χ1) is 14.9. The van der Waals surface area contributed by atoms with Crippen LogP contribution in [0.15, 0.2) is 64.1 Å². The van der Waals surface area contributed by atoms with Crippen molar-refractivity contribution in [1.29, 1.82) is 0 Å². The number of amides is 1. The van der Waals surface area contributed by atoms with Crippen molar-refractivity contribution in [3.05, 3.63) is 81.3 Å². The van der Waals surface area contributed by atoms with Crippen molar-refractivity contribution < 1.29 is 14.1 Å². The summed E-state index contributed by atoms with van der Waals surface area (Å²) in [6.07, 6.45) is 1.34. The Balaban J connectivity index is 1.44. The first-order valence-corrected chi connectivity index (χ1v) is 9.58. The molecule has 31 heavy (non-hydrogen) atoms. The monoisotopic (exact) mass is 437 g/mol. The summed E-state index contributed by atoms with van der Waals surface area (Å²) in [6.45, 7) is 1.90. The van der Waals surface area contributed by atoms with E-state index in [1.165, 1.54) is 24.4 Å². The number of carbonyl (C=O) groups is 1. The average molecular weight is 438 g/mol. The third-order valence-electron chi connectivity index (χ3n) is 4.58. The van der Waals surface area contributed by atoms with E-state index in [9.17, 15) is 14.9 Å². The fourth-order valence-electron chi connectivity index (χ4n) is 3.13. The first kappa shape index (κ1) is 20.3. The molecule has 1 amide bonds. The highest BCUT2D eigenvalue weighted by Gasteiger charge is 2.14. The summed E-state index contributed by atoms with van der Waals surface area (Å²) in [7, 11) is 0. The van der Waals surface area contributed by atoms with Gasteiger partial charge in [-0.25, -0.2) is 10.4 Å². The number of nitrogens with one attached hydrogen (secondary N) is 1. The zero-order chi connectivity index (χ0) is 22.0. The molecule has 0 aliphatic carbocycles. The maximum Gasteiger partial charge on any atom is 0.270 e. The molecule has 0 spiro atoms. The van der Waals surface area contributed by atoms with Gasteiger partial charge in [-0.2, -0.15) is 5.10 Å². The van der Waals surface area contributed by atoms with E-state index in [2.05, 4.69) is 15.5 Å². The summed E-state index contributed by atoms with van der Waals surface area (Å²) in [5.74, 6) is 1.10. The van der Waals surface area contributed by atoms with Crippen LogP contribution in [0.25, 0.3) is 22.4 Å². The number of non-ortho nitro benzene ring substituents is 1. The van der Waals surface area contributed by atoms with Crippen molar-refractivity contribution in [1.82, 2.24) is 15.0 Å². The molecule has 2 aromatic carbocycles. The Hall–Kier alpha value is -3.98. The van der Waals surface area contributed by atoms with Crippen molar-refractivity contribution in [2.24, 2.45) is 5.10 Å². The van der Waals surface area contributed by atoms with E-state index in [0.29, 0.717) is 22.1 Å².